The maximum atomic E-state index is 13.4. The Morgan fingerprint density at radius 2 is 2.00 bits per heavy atom. The summed E-state index contributed by atoms with van der Waals surface area (Å²) < 4.78 is 25.3. The minimum atomic E-state index is -0.350. The van der Waals surface area contributed by atoms with Gasteiger partial charge < -0.3 is 19.3 Å². The number of hydrogen-bond donors (Lipinski definition) is 0. The van der Waals surface area contributed by atoms with E-state index in [2.05, 4.69) is 26.8 Å². The molecule has 3 heterocycles. The monoisotopic (exact) mass is 404 g/mol. The minimum Gasteiger partial charge on any atom is -0.424 e. The third-order valence-corrected chi connectivity index (χ3v) is 5.95. The molecule has 2 aliphatic heterocycles. The molecule has 8 heteroatoms. The van der Waals surface area contributed by atoms with E-state index in [0.29, 0.717) is 5.75 Å². The van der Waals surface area contributed by atoms with E-state index in [0.717, 1.165) is 56.5 Å². The third kappa shape index (κ3) is 4.39. The summed E-state index contributed by atoms with van der Waals surface area (Å²) in [4.78, 5) is 13.6. The SMILES string of the molecule is CSc1cc(N2CCC3(CC2)CN(C)CCO3)nc(Oc2cccc(F)c2)n1. The number of anilines is 1. The van der Waals surface area contributed by atoms with Gasteiger partial charge in [0.05, 0.1) is 12.2 Å². The Kier molecular flexibility index (Phi) is 5.70. The predicted octanol–water partition coefficient (Wildman–Crippen LogP) is 3.43. The van der Waals surface area contributed by atoms with Gasteiger partial charge in [-0.2, -0.15) is 9.97 Å². The maximum absolute atomic E-state index is 13.4. The average Bonchev–Trinajstić information content (AvgIpc) is 2.68. The van der Waals surface area contributed by atoms with Crippen molar-refractivity contribution < 1.29 is 13.9 Å². The predicted molar refractivity (Wildman–Crippen MR) is 108 cm³/mol. The summed E-state index contributed by atoms with van der Waals surface area (Å²) in [5.74, 6) is 0.878. The Hall–Kier alpha value is -1.90. The quantitative estimate of drug-likeness (QED) is 0.572. The van der Waals surface area contributed by atoms with Gasteiger partial charge in [0.25, 0.3) is 0 Å². The number of nitrogens with zero attached hydrogens (tertiary/aromatic N) is 4. The summed E-state index contributed by atoms with van der Waals surface area (Å²) in [6.07, 6.45) is 3.90. The van der Waals surface area contributed by atoms with E-state index in [9.17, 15) is 4.39 Å². The van der Waals surface area contributed by atoms with Crippen LogP contribution < -0.4 is 9.64 Å². The number of benzene rings is 1. The molecule has 0 radical (unpaired) electrons. The van der Waals surface area contributed by atoms with Crippen molar-refractivity contribution in [2.24, 2.45) is 0 Å². The van der Waals surface area contributed by atoms with Gasteiger partial charge in [-0.1, -0.05) is 6.07 Å². The summed E-state index contributed by atoms with van der Waals surface area (Å²) in [6.45, 7) is 4.52. The molecule has 0 bridgehead atoms. The van der Waals surface area contributed by atoms with Gasteiger partial charge in [0, 0.05) is 38.3 Å². The van der Waals surface area contributed by atoms with Crippen LogP contribution >= 0.6 is 11.8 Å². The van der Waals surface area contributed by atoms with Crippen LogP contribution in [0, 0.1) is 5.82 Å². The molecule has 2 saturated heterocycles. The first kappa shape index (κ1) is 19.4. The summed E-state index contributed by atoms with van der Waals surface area (Å²) >= 11 is 1.53. The highest BCUT2D eigenvalue weighted by Gasteiger charge is 2.39. The molecule has 1 aromatic carbocycles. The van der Waals surface area contributed by atoms with E-state index in [1.165, 1.54) is 23.9 Å². The molecule has 0 atom stereocenters. The molecule has 0 aliphatic carbocycles. The highest BCUT2D eigenvalue weighted by molar-refractivity contribution is 7.98. The number of rotatable bonds is 4. The molecule has 0 N–H and O–H groups in total. The second kappa shape index (κ2) is 8.23. The van der Waals surface area contributed by atoms with E-state index in [4.69, 9.17) is 9.47 Å². The van der Waals surface area contributed by atoms with Crippen molar-refractivity contribution in [1.82, 2.24) is 14.9 Å². The Morgan fingerprint density at radius 1 is 1.18 bits per heavy atom. The number of thioether (sulfide) groups is 1. The number of ether oxygens (including phenoxy) is 2. The fraction of sp³-hybridized carbons (Fsp3) is 0.500. The first-order valence-electron chi connectivity index (χ1n) is 9.49. The van der Waals surface area contributed by atoms with E-state index in [1.807, 2.05) is 12.3 Å². The molecular formula is C20H25FN4O2S. The van der Waals surface area contributed by atoms with Gasteiger partial charge in [-0.25, -0.2) is 4.39 Å². The molecule has 2 aromatic rings. The number of morpholine rings is 1. The standard InChI is InChI=1S/C20H25FN4O2S/c1-24-10-11-26-20(14-24)6-8-25(9-7-20)17-13-18(28-2)23-19(22-17)27-16-5-3-4-15(21)12-16/h3-5,12-13H,6-11,14H2,1-2H3. The largest absolute Gasteiger partial charge is 0.424 e. The van der Waals surface area contributed by atoms with E-state index in [1.54, 1.807) is 12.1 Å². The lowest BCUT2D eigenvalue weighted by Crippen LogP contribution is -2.56. The van der Waals surface area contributed by atoms with Gasteiger partial charge in [-0.15, -0.1) is 11.8 Å². The minimum absolute atomic E-state index is 0.0419. The smallest absolute Gasteiger partial charge is 0.325 e. The molecule has 1 spiro atoms. The Bertz CT molecular complexity index is 830. The summed E-state index contributed by atoms with van der Waals surface area (Å²) in [6, 6.07) is 8.23. The lowest BCUT2D eigenvalue weighted by molar-refractivity contribution is -0.115. The van der Waals surface area contributed by atoms with Crippen molar-refractivity contribution in [3.8, 4) is 11.8 Å². The molecule has 28 heavy (non-hydrogen) atoms. The van der Waals surface area contributed by atoms with Crippen LogP contribution in [0.15, 0.2) is 35.4 Å². The van der Waals surface area contributed by atoms with Crippen molar-refractivity contribution in [2.75, 3.05) is 51.0 Å². The maximum Gasteiger partial charge on any atom is 0.325 e. The third-order valence-electron chi connectivity index (χ3n) is 5.32. The molecule has 0 amide bonds. The zero-order valence-corrected chi connectivity index (χ0v) is 17.0. The molecule has 0 unspecified atom stereocenters. The van der Waals surface area contributed by atoms with Gasteiger partial charge in [-0.05, 0) is 38.3 Å². The van der Waals surface area contributed by atoms with Crippen molar-refractivity contribution >= 4 is 17.6 Å². The number of piperidine rings is 1. The lowest BCUT2D eigenvalue weighted by Gasteiger charge is -2.46. The fourth-order valence-corrected chi connectivity index (χ4v) is 4.21. The van der Waals surface area contributed by atoms with Crippen LogP contribution in [0.3, 0.4) is 0 Å². The van der Waals surface area contributed by atoms with Crippen LogP contribution in [0.4, 0.5) is 10.2 Å². The molecule has 150 valence electrons. The Balaban J connectivity index is 1.50. The number of likely N-dealkylation sites (N-methyl/N-ethyl adjacent to an activating group) is 1. The van der Waals surface area contributed by atoms with Crippen molar-refractivity contribution in [3.63, 3.8) is 0 Å². The average molecular weight is 405 g/mol. The van der Waals surface area contributed by atoms with Crippen LogP contribution in [-0.2, 0) is 4.74 Å². The van der Waals surface area contributed by atoms with Gasteiger partial charge in [0.1, 0.15) is 22.4 Å². The number of hydrogen-bond acceptors (Lipinski definition) is 7. The number of aromatic nitrogens is 2. The fourth-order valence-electron chi connectivity index (χ4n) is 3.82. The van der Waals surface area contributed by atoms with Crippen LogP contribution in [0.25, 0.3) is 0 Å². The van der Waals surface area contributed by atoms with E-state index >= 15 is 0 Å². The van der Waals surface area contributed by atoms with Gasteiger partial charge in [0.15, 0.2) is 0 Å². The first-order valence-corrected chi connectivity index (χ1v) is 10.7. The highest BCUT2D eigenvalue weighted by atomic mass is 32.2. The molecule has 6 nitrogen and oxygen atoms in total. The van der Waals surface area contributed by atoms with Gasteiger partial charge in [-0.3, -0.25) is 0 Å². The van der Waals surface area contributed by atoms with Gasteiger partial charge in [0.2, 0.25) is 0 Å². The van der Waals surface area contributed by atoms with Crippen molar-refractivity contribution in [3.05, 3.63) is 36.1 Å². The molecule has 1 aromatic heterocycles. The summed E-state index contributed by atoms with van der Waals surface area (Å²) in [7, 11) is 2.15. The second-order valence-electron chi connectivity index (χ2n) is 7.37. The Labute approximate surface area is 169 Å². The number of halogens is 1. The van der Waals surface area contributed by atoms with E-state index < -0.39 is 0 Å². The van der Waals surface area contributed by atoms with E-state index in [-0.39, 0.29) is 17.4 Å². The van der Waals surface area contributed by atoms with Gasteiger partial charge >= 0.3 is 6.01 Å². The molecular weight excluding hydrogens is 379 g/mol. The zero-order valence-electron chi connectivity index (χ0n) is 16.2. The molecule has 2 aliphatic rings. The molecule has 0 saturated carbocycles. The molecule has 4 rings (SSSR count). The normalized spacial score (nSPS) is 19.8. The lowest BCUT2D eigenvalue weighted by atomic mass is 9.89. The topological polar surface area (TPSA) is 50.7 Å². The first-order chi connectivity index (χ1) is 13.5. The summed E-state index contributed by atoms with van der Waals surface area (Å²) in [5.41, 5.74) is -0.0419. The van der Waals surface area contributed by atoms with Crippen LogP contribution in [0.2, 0.25) is 0 Å². The highest BCUT2D eigenvalue weighted by Crippen LogP contribution is 2.33. The van der Waals surface area contributed by atoms with Crippen LogP contribution in [0.5, 0.6) is 11.8 Å². The summed E-state index contributed by atoms with van der Waals surface area (Å²) in [5, 5.41) is 0.824. The second-order valence-corrected chi connectivity index (χ2v) is 8.19. The van der Waals surface area contributed by atoms with Crippen LogP contribution in [0.1, 0.15) is 12.8 Å². The zero-order chi connectivity index (χ0) is 19.6. The Morgan fingerprint density at radius 3 is 2.71 bits per heavy atom. The molecule has 2 fully saturated rings. The van der Waals surface area contributed by atoms with Crippen LogP contribution in [-0.4, -0.2) is 66.6 Å². The van der Waals surface area contributed by atoms with Crippen molar-refractivity contribution in [2.45, 2.75) is 23.5 Å². The van der Waals surface area contributed by atoms with Crippen molar-refractivity contribution in [1.29, 1.82) is 0 Å².